The summed E-state index contributed by atoms with van der Waals surface area (Å²) < 4.78 is 71.2. The molecule has 4 rings (SSSR count). The van der Waals surface area contributed by atoms with Crippen molar-refractivity contribution in [3.05, 3.63) is 71.0 Å². The smallest absolute Gasteiger partial charge is 0.435 e. The number of nitrogens with zero attached hydrogens (tertiary/aromatic N) is 3. The Balaban J connectivity index is 1.67. The number of halogens is 5. The van der Waals surface area contributed by atoms with Crippen LogP contribution in [-0.2, 0) is 19.0 Å². The van der Waals surface area contributed by atoms with E-state index in [0.717, 1.165) is 6.42 Å². The number of rotatable bonds is 5. The van der Waals surface area contributed by atoms with Crippen molar-refractivity contribution in [2.24, 2.45) is 0 Å². The number of aromatic nitrogens is 2. The summed E-state index contributed by atoms with van der Waals surface area (Å²) >= 11 is 0. The maximum Gasteiger partial charge on any atom is 0.435 e. The van der Waals surface area contributed by atoms with Crippen LogP contribution in [0.2, 0.25) is 0 Å². The molecule has 0 unspecified atom stereocenters. The van der Waals surface area contributed by atoms with Gasteiger partial charge in [0, 0.05) is 35.6 Å². The molecule has 0 spiro atoms. The molecule has 0 N–H and O–H groups in total. The Hall–Kier alpha value is -3.43. The number of anilines is 1. The topological polar surface area (TPSA) is 47.4 Å². The third-order valence-electron chi connectivity index (χ3n) is 5.52. The van der Waals surface area contributed by atoms with Crippen LogP contribution in [0, 0.1) is 0 Å². The first-order valence-electron chi connectivity index (χ1n) is 10.3. The summed E-state index contributed by atoms with van der Waals surface area (Å²) in [6.07, 6.45) is -2.37. The molecule has 0 saturated carbocycles. The largest absolute Gasteiger partial charge is 0.435 e. The molecule has 0 saturated heterocycles. The number of carbonyl (C=O) groups is 1. The molecule has 174 valence electrons. The van der Waals surface area contributed by atoms with Gasteiger partial charge in [-0.1, -0.05) is 12.1 Å². The molecule has 0 radical (unpaired) electrons. The number of hydrogen-bond donors (Lipinski definition) is 0. The van der Waals surface area contributed by atoms with Crippen molar-refractivity contribution < 1.29 is 31.5 Å². The Morgan fingerprint density at radius 2 is 1.82 bits per heavy atom. The summed E-state index contributed by atoms with van der Waals surface area (Å²) in [5, 5.41) is 3.86. The molecule has 0 atom stereocenters. The highest BCUT2D eigenvalue weighted by molar-refractivity contribution is 6.06. The summed E-state index contributed by atoms with van der Waals surface area (Å²) in [4.78, 5) is 14.3. The quantitative estimate of drug-likeness (QED) is 0.458. The fraction of sp³-hybridized carbons (Fsp3) is 0.304. The first-order chi connectivity index (χ1) is 15.6. The fourth-order valence-corrected chi connectivity index (χ4v) is 3.99. The minimum atomic E-state index is -4.56. The van der Waals surface area contributed by atoms with Gasteiger partial charge in [-0.2, -0.15) is 27.1 Å². The number of ether oxygens (including phenoxy) is 1. The highest BCUT2D eigenvalue weighted by atomic mass is 19.4. The van der Waals surface area contributed by atoms with Gasteiger partial charge in [0.2, 0.25) is 0 Å². The summed E-state index contributed by atoms with van der Waals surface area (Å²) in [5.74, 6) is -0.568. The second-order valence-corrected chi connectivity index (χ2v) is 7.68. The summed E-state index contributed by atoms with van der Waals surface area (Å²) in [6.45, 7) is -3.00. The van der Waals surface area contributed by atoms with Crippen LogP contribution in [0.4, 0.5) is 27.6 Å². The molecular formula is C23H20F5N3O2. The molecule has 2 aromatic carbocycles. The third kappa shape index (κ3) is 4.69. The van der Waals surface area contributed by atoms with Crippen molar-refractivity contribution in [1.82, 2.24) is 9.78 Å². The molecule has 0 bridgehead atoms. The van der Waals surface area contributed by atoms with Crippen LogP contribution in [0.25, 0.3) is 5.69 Å². The van der Waals surface area contributed by atoms with Crippen LogP contribution in [0.3, 0.4) is 0 Å². The van der Waals surface area contributed by atoms with Gasteiger partial charge in [0.05, 0.1) is 5.69 Å². The van der Waals surface area contributed by atoms with Crippen LogP contribution in [0.5, 0.6) is 5.75 Å². The second kappa shape index (κ2) is 8.84. The zero-order valence-electron chi connectivity index (χ0n) is 17.6. The van der Waals surface area contributed by atoms with E-state index in [-0.39, 0.29) is 16.9 Å². The lowest BCUT2D eigenvalue weighted by molar-refractivity contribution is -0.142. The molecule has 1 heterocycles. The molecule has 5 nitrogen and oxygen atoms in total. The molecule has 0 fully saturated rings. The molecule has 1 aliphatic rings. The third-order valence-corrected chi connectivity index (χ3v) is 5.52. The van der Waals surface area contributed by atoms with E-state index in [0.29, 0.717) is 36.3 Å². The fourth-order valence-electron chi connectivity index (χ4n) is 3.99. The van der Waals surface area contributed by atoms with E-state index in [9.17, 15) is 26.7 Å². The van der Waals surface area contributed by atoms with Crippen molar-refractivity contribution in [3.8, 4) is 11.4 Å². The molecule has 1 amide bonds. The molecule has 10 heteroatoms. The number of carbonyl (C=O) groups excluding carboxylic acids is 1. The van der Waals surface area contributed by atoms with Crippen LogP contribution >= 0.6 is 0 Å². The van der Waals surface area contributed by atoms with Gasteiger partial charge in [0.1, 0.15) is 5.75 Å². The van der Waals surface area contributed by atoms with Crippen molar-refractivity contribution >= 4 is 11.6 Å². The number of hydrogen-bond acceptors (Lipinski definition) is 3. The highest BCUT2D eigenvalue weighted by Gasteiger charge is 2.39. The summed E-state index contributed by atoms with van der Waals surface area (Å²) in [5.41, 5.74) is 0.699. The monoisotopic (exact) mass is 465 g/mol. The van der Waals surface area contributed by atoms with Crippen molar-refractivity contribution in [3.63, 3.8) is 0 Å². The first kappa shape index (κ1) is 22.8. The minimum Gasteiger partial charge on any atom is -0.435 e. The van der Waals surface area contributed by atoms with E-state index in [2.05, 4.69) is 9.84 Å². The zero-order chi connectivity index (χ0) is 23.8. The lowest BCUT2D eigenvalue weighted by atomic mass is 9.95. The number of amides is 1. The Morgan fingerprint density at radius 3 is 2.55 bits per heavy atom. The predicted octanol–water partition coefficient (Wildman–Crippen LogP) is 5.65. The summed E-state index contributed by atoms with van der Waals surface area (Å²) in [7, 11) is 1.47. The molecule has 3 aromatic rings. The normalized spacial score (nSPS) is 13.7. The van der Waals surface area contributed by atoms with Gasteiger partial charge < -0.3 is 9.64 Å². The van der Waals surface area contributed by atoms with Crippen LogP contribution < -0.4 is 9.64 Å². The molecular weight excluding hydrogens is 445 g/mol. The SMILES string of the molecule is CN(C(=O)c1cccc(-n2nc(C(F)(F)F)c3c2CCCC3)c1)c1cccc(OC(F)F)c1. The highest BCUT2D eigenvalue weighted by Crippen LogP contribution is 2.37. The van der Waals surface area contributed by atoms with E-state index >= 15 is 0 Å². The second-order valence-electron chi connectivity index (χ2n) is 7.68. The maximum absolute atomic E-state index is 13.5. The van der Waals surface area contributed by atoms with E-state index in [1.54, 1.807) is 18.2 Å². The van der Waals surface area contributed by atoms with Gasteiger partial charge in [-0.3, -0.25) is 4.79 Å². The van der Waals surface area contributed by atoms with E-state index in [1.165, 1.54) is 47.0 Å². The van der Waals surface area contributed by atoms with Crippen LogP contribution in [-0.4, -0.2) is 29.3 Å². The van der Waals surface area contributed by atoms with Crippen LogP contribution in [0.15, 0.2) is 48.5 Å². The molecule has 1 aromatic heterocycles. The summed E-state index contributed by atoms with van der Waals surface area (Å²) in [6, 6.07) is 11.8. The van der Waals surface area contributed by atoms with Gasteiger partial charge in [0.25, 0.3) is 5.91 Å². The van der Waals surface area contributed by atoms with Crippen molar-refractivity contribution in [1.29, 1.82) is 0 Å². The van der Waals surface area contributed by atoms with Gasteiger partial charge in [-0.15, -0.1) is 0 Å². The standard InChI is InChI=1S/C23H20F5N3O2/c1-30(15-7-5-9-17(13-15)33-22(24)25)21(32)14-6-4-8-16(12-14)31-19-11-3-2-10-18(19)20(29-31)23(26,27)28/h4-9,12-13,22H,2-3,10-11H2,1H3. The van der Waals surface area contributed by atoms with Gasteiger partial charge in [-0.25, -0.2) is 4.68 Å². The maximum atomic E-state index is 13.5. The predicted molar refractivity (Wildman–Crippen MR) is 111 cm³/mol. The lowest BCUT2D eigenvalue weighted by Gasteiger charge is -2.19. The Morgan fingerprint density at radius 1 is 1.09 bits per heavy atom. The van der Waals surface area contributed by atoms with E-state index < -0.39 is 24.4 Å². The van der Waals surface area contributed by atoms with E-state index in [4.69, 9.17) is 0 Å². The first-order valence-corrected chi connectivity index (χ1v) is 10.3. The molecule has 33 heavy (non-hydrogen) atoms. The number of alkyl halides is 5. The number of fused-ring (bicyclic) bond motifs is 1. The minimum absolute atomic E-state index is 0.0984. The zero-order valence-corrected chi connectivity index (χ0v) is 17.6. The molecule has 0 aliphatic heterocycles. The van der Waals surface area contributed by atoms with Gasteiger partial charge in [0.15, 0.2) is 5.69 Å². The lowest BCUT2D eigenvalue weighted by Crippen LogP contribution is -2.26. The van der Waals surface area contributed by atoms with Crippen molar-refractivity contribution in [2.45, 2.75) is 38.5 Å². The van der Waals surface area contributed by atoms with E-state index in [1.807, 2.05) is 0 Å². The average molecular weight is 465 g/mol. The van der Waals surface area contributed by atoms with Gasteiger partial charge >= 0.3 is 12.8 Å². The Labute approximate surface area is 186 Å². The Kier molecular flexibility index (Phi) is 6.09. The average Bonchev–Trinajstić information content (AvgIpc) is 3.18. The Bertz CT molecular complexity index is 1170. The number of benzene rings is 2. The van der Waals surface area contributed by atoms with Crippen molar-refractivity contribution in [2.75, 3.05) is 11.9 Å². The molecule has 1 aliphatic carbocycles. The van der Waals surface area contributed by atoms with Gasteiger partial charge in [-0.05, 0) is 56.0 Å². The van der Waals surface area contributed by atoms with Crippen LogP contribution in [0.1, 0.15) is 40.2 Å².